The molecule has 1 aromatic rings. The molecule has 0 amide bonds. The van der Waals surface area contributed by atoms with E-state index in [4.69, 9.17) is 15.7 Å². The van der Waals surface area contributed by atoms with E-state index in [0.29, 0.717) is 11.7 Å². The predicted octanol–water partition coefficient (Wildman–Crippen LogP) is 2.74. The summed E-state index contributed by atoms with van der Waals surface area (Å²) in [6.45, 7) is 2.29. The van der Waals surface area contributed by atoms with E-state index in [-0.39, 0.29) is 5.84 Å². The van der Waals surface area contributed by atoms with Gasteiger partial charge in [-0.05, 0) is 43.7 Å². The van der Waals surface area contributed by atoms with Crippen LogP contribution < -0.4 is 10.5 Å². The molecule has 0 aromatic heterocycles. The van der Waals surface area contributed by atoms with Crippen LogP contribution in [0.5, 0.6) is 5.75 Å². The first kappa shape index (κ1) is 12.7. The lowest BCUT2D eigenvalue weighted by Crippen LogP contribution is -2.23. The lowest BCUT2D eigenvalue weighted by atomic mass is 9.89. The Morgan fingerprint density at radius 3 is 2.72 bits per heavy atom. The summed E-state index contributed by atoms with van der Waals surface area (Å²) >= 11 is 0. The molecule has 98 valence electrons. The van der Waals surface area contributed by atoms with E-state index < -0.39 is 0 Å². The summed E-state index contributed by atoms with van der Waals surface area (Å²) < 4.78 is 5.95. The number of rotatable bonds is 3. The predicted molar refractivity (Wildman–Crippen MR) is 71.0 cm³/mol. The zero-order valence-corrected chi connectivity index (χ0v) is 10.7. The van der Waals surface area contributed by atoms with Gasteiger partial charge in [-0.3, -0.25) is 0 Å². The van der Waals surface area contributed by atoms with Gasteiger partial charge in [-0.25, -0.2) is 0 Å². The van der Waals surface area contributed by atoms with Crippen molar-refractivity contribution in [3.63, 3.8) is 0 Å². The maximum absolute atomic E-state index is 8.65. The minimum Gasteiger partial charge on any atom is -0.490 e. The molecule has 1 aliphatic rings. The fraction of sp³-hybridized carbons (Fsp3) is 0.500. The molecule has 0 saturated heterocycles. The Balaban J connectivity index is 2.01. The molecule has 18 heavy (non-hydrogen) atoms. The van der Waals surface area contributed by atoms with E-state index in [0.717, 1.165) is 24.5 Å². The smallest absolute Gasteiger partial charge is 0.170 e. The van der Waals surface area contributed by atoms with Gasteiger partial charge < -0.3 is 15.7 Å². The van der Waals surface area contributed by atoms with Crippen LogP contribution in [0.15, 0.2) is 29.4 Å². The van der Waals surface area contributed by atoms with Crippen LogP contribution in [0.4, 0.5) is 0 Å². The third kappa shape index (κ3) is 3.15. The van der Waals surface area contributed by atoms with E-state index >= 15 is 0 Å². The van der Waals surface area contributed by atoms with Crippen molar-refractivity contribution in [1.82, 2.24) is 0 Å². The van der Waals surface area contributed by atoms with Crippen LogP contribution in [-0.4, -0.2) is 17.1 Å². The van der Waals surface area contributed by atoms with Gasteiger partial charge in [0.2, 0.25) is 0 Å². The molecule has 1 aliphatic carbocycles. The summed E-state index contributed by atoms with van der Waals surface area (Å²) in [6, 6.07) is 7.37. The molecule has 0 spiro atoms. The van der Waals surface area contributed by atoms with E-state index in [1.807, 2.05) is 18.2 Å². The van der Waals surface area contributed by atoms with Crippen LogP contribution in [0.2, 0.25) is 0 Å². The van der Waals surface area contributed by atoms with Crippen molar-refractivity contribution < 1.29 is 9.94 Å². The minimum atomic E-state index is 0.109. The normalized spacial score (nSPS) is 24.8. The highest BCUT2D eigenvalue weighted by Gasteiger charge is 2.19. The maximum Gasteiger partial charge on any atom is 0.170 e. The van der Waals surface area contributed by atoms with Gasteiger partial charge in [-0.15, -0.1) is 0 Å². The van der Waals surface area contributed by atoms with Gasteiger partial charge in [0.1, 0.15) is 5.75 Å². The Bertz CT molecular complexity index is 424. The van der Waals surface area contributed by atoms with Crippen LogP contribution in [0.1, 0.15) is 38.2 Å². The molecule has 0 atom stereocenters. The van der Waals surface area contributed by atoms with Crippen LogP contribution in [0.3, 0.4) is 0 Å². The second kappa shape index (κ2) is 5.76. The summed E-state index contributed by atoms with van der Waals surface area (Å²) in [5.74, 6) is 1.71. The van der Waals surface area contributed by atoms with Gasteiger partial charge in [0.15, 0.2) is 5.84 Å². The van der Waals surface area contributed by atoms with E-state index in [1.165, 1.54) is 12.8 Å². The average Bonchev–Trinajstić information content (AvgIpc) is 2.41. The number of hydrogen-bond acceptors (Lipinski definition) is 3. The summed E-state index contributed by atoms with van der Waals surface area (Å²) in [7, 11) is 0. The summed E-state index contributed by atoms with van der Waals surface area (Å²) in [5, 5.41) is 11.6. The Hall–Kier alpha value is -1.71. The standard InChI is InChI=1S/C14H20N2O2/c1-10-5-7-12(8-6-10)18-13-4-2-3-11(9-13)14(15)16-17/h2-4,9-10,12,17H,5-8H2,1H3,(H2,15,16). The molecule has 0 unspecified atom stereocenters. The first-order chi connectivity index (χ1) is 8.69. The fourth-order valence-electron chi connectivity index (χ4n) is 2.33. The van der Waals surface area contributed by atoms with Gasteiger partial charge in [0.25, 0.3) is 0 Å². The Labute approximate surface area is 107 Å². The third-order valence-corrected chi connectivity index (χ3v) is 3.50. The first-order valence-electron chi connectivity index (χ1n) is 6.43. The first-order valence-corrected chi connectivity index (χ1v) is 6.43. The van der Waals surface area contributed by atoms with Crippen molar-refractivity contribution in [2.24, 2.45) is 16.8 Å². The number of benzene rings is 1. The van der Waals surface area contributed by atoms with Gasteiger partial charge >= 0.3 is 0 Å². The van der Waals surface area contributed by atoms with Crippen molar-refractivity contribution in [1.29, 1.82) is 0 Å². The lowest BCUT2D eigenvalue weighted by Gasteiger charge is -2.27. The van der Waals surface area contributed by atoms with E-state index in [2.05, 4.69) is 12.1 Å². The third-order valence-electron chi connectivity index (χ3n) is 3.50. The maximum atomic E-state index is 8.65. The lowest BCUT2D eigenvalue weighted by molar-refractivity contribution is 0.135. The number of nitrogens with two attached hydrogens (primary N) is 1. The highest BCUT2D eigenvalue weighted by atomic mass is 16.5. The second-order valence-electron chi connectivity index (χ2n) is 5.01. The molecule has 0 radical (unpaired) electrons. The number of amidine groups is 1. The molecule has 4 nitrogen and oxygen atoms in total. The van der Waals surface area contributed by atoms with Crippen molar-refractivity contribution >= 4 is 5.84 Å². The average molecular weight is 248 g/mol. The SMILES string of the molecule is CC1CCC(Oc2cccc(C(N)=NO)c2)CC1. The molecule has 1 aromatic carbocycles. The van der Waals surface area contributed by atoms with Crippen molar-refractivity contribution in [3.05, 3.63) is 29.8 Å². The van der Waals surface area contributed by atoms with Gasteiger partial charge in [-0.1, -0.05) is 24.2 Å². The van der Waals surface area contributed by atoms with Crippen LogP contribution in [-0.2, 0) is 0 Å². The Kier molecular flexibility index (Phi) is 4.07. The summed E-state index contributed by atoms with van der Waals surface area (Å²) in [5.41, 5.74) is 6.24. The molecule has 1 fully saturated rings. The number of oxime groups is 1. The molecule has 3 N–H and O–H groups in total. The van der Waals surface area contributed by atoms with Crippen molar-refractivity contribution in [2.45, 2.75) is 38.7 Å². The molecule has 0 bridgehead atoms. The molecule has 0 heterocycles. The van der Waals surface area contributed by atoms with Gasteiger partial charge in [0.05, 0.1) is 6.10 Å². The highest BCUT2D eigenvalue weighted by Crippen LogP contribution is 2.27. The quantitative estimate of drug-likeness (QED) is 0.374. The van der Waals surface area contributed by atoms with Crippen molar-refractivity contribution in [3.8, 4) is 5.75 Å². The number of nitrogens with zero attached hydrogens (tertiary/aromatic N) is 1. The van der Waals surface area contributed by atoms with E-state index in [1.54, 1.807) is 6.07 Å². The monoisotopic (exact) mass is 248 g/mol. The Morgan fingerprint density at radius 2 is 2.06 bits per heavy atom. The topological polar surface area (TPSA) is 67.8 Å². The fourth-order valence-corrected chi connectivity index (χ4v) is 2.33. The van der Waals surface area contributed by atoms with Crippen LogP contribution in [0, 0.1) is 5.92 Å². The minimum absolute atomic E-state index is 0.109. The van der Waals surface area contributed by atoms with Crippen molar-refractivity contribution in [2.75, 3.05) is 0 Å². The molecule has 1 saturated carbocycles. The zero-order valence-electron chi connectivity index (χ0n) is 10.7. The molecular weight excluding hydrogens is 228 g/mol. The van der Waals surface area contributed by atoms with E-state index in [9.17, 15) is 0 Å². The zero-order chi connectivity index (χ0) is 13.0. The number of hydrogen-bond donors (Lipinski definition) is 2. The van der Waals surface area contributed by atoms with Gasteiger partial charge in [-0.2, -0.15) is 0 Å². The largest absolute Gasteiger partial charge is 0.490 e. The molecular formula is C14H20N2O2. The van der Waals surface area contributed by atoms with Crippen LogP contribution in [0.25, 0.3) is 0 Å². The Morgan fingerprint density at radius 1 is 1.33 bits per heavy atom. The molecule has 4 heteroatoms. The summed E-state index contributed by atoms with van der Waals surface area (Å²) in [4.78, 5) is 0. The molecule has 0 aliphatic heterocycles. The number of ether oxygens (including phenoxy) is 1. The van der Waals surface area contributed by atoms with Crippen LogP contribution >= 0.6 is 0 Å². The highest BCUT2D eigenvalue weighted by molar-refractivity contribution is 5.97. The second-order valence-corrected chi connectivity index (χ2v) is 5.01. The molecule has 2 rings (SSSR count). The summed E-state index contributed by atoms with van der Waals surface area (Å²) in [6.07, 6.45) is 4.96. The van der Waals surface area contributed by atoms with Gasteiger partial charge in [0, 0.05) is 5.56 Å².